The van der Waals surface area contributed by atoms with Gasteiger partial charge in [-0.2, -0.15) is 39.1 Å². The number of hydrogen-bond acceptors (Lipinski definition) is 4. The van der Waals surface area contributed by atoms with Crippen LogP contribution in [0.2, 0.25) is 0 Å². The lowest BCUT2D eigenvalue weighted by molar-refractivity contribution is -0.348. The largest absolute Gasteiger partial charge is 0.435 e. The van der Waals surface area contributed by atoms with Crippen molar-refractivity contribution in [2.24, 2.45) is 0 Å². The van der Waals surface area contributed by atoms with Crippen LogP contribution in [0.3, 0.4) is 0 Å². The fourth-order valence-electron chi connectivity index (χ4n) is 3.35. The monoisotopic (exact) mass is 712 g/mol. The molecule has 0 spiro atoms. The smallest absolute Gasteiger partial charge is 0.348 e. The van der Waals surface area contributed by atoms with Crippen LogP contribution >= 0.6 is 22.6 Å². The average molecular weight is 712 g/mol. The minimum absolute atomic E-state index is 0.117. The highest BCUT2D eigenvalue weighted by Crippen LogP contribution is 2.53. The lowest BCUT2D eigenvalue weighted by atomic mass is 9.92. The summed E-state index contributed by atoms with van der Waals surface area (Å²) in [5.74, 6) is -1.69. The minimum Gasteiger partial charge on any atom is -0.348 e. The van der Waals surface area contributed by atoms with E-state index >= 15 is 0 Å². The molecule has 1 unspecified atom stereocenters. The molecule has 1 atom stereocenters. The van der Waals surface area contributed by atoms with Crippen molar-refractivity contribution in [1.82, 2.24) is 14.3 Å². The molecule has 2 aromatic rings. The second kappa shape index (κ2) is 12.2. The topological polar surface area (TPSA) is 108 Å². The van der Waals surface area contributed by atoms with Crippen LogP contribution in [0.5, 0.6) is 0 Å². The van der Waals surface area contributed by atoms with Crippen molar-refractivity contribution < 1.29 is 48.7 Å². The first-order valence-electron chi connectivity index (χ1n) is 11.1. The number of halogens is 8. The average Bonchev–Trinajstić information content (AvgIpc) is 2.81. The van der Waals surface area contributed by atoms with Crippen LogP contribution in [-0.2, 0) is 15.9 Å². The van der Waals surface area contributed by atoms with E-state index in [1.165, 1.54) is 39.2 Å². The number of nitrogens with one attached hydrogen (secondary N) is 3. The molecule has 0 saturated carbocycles. The molecule has 0 bridgehead atoms. The first-order chi connectivity index (χ1) is 18.1. The number of rotatable bonds is 9. The van der Waals surface area contributed by atoms with Crippen LogP contribution < -0.4 is 15.4 Å². The van der Waals surface area contributed by atoms with Crippen molar-refractivity contribution in [1.29, 1.82) is 0 Å². The summed E-state index contributed by atoms with van der Waals surface area (Å²) in [7, 11) is -1.16. The Balaban J connectivity index is 2.33. The predicted molar refractivity (Wildman–Crippen MR) is 141 cm³/mol. The zero-order valence-electron chi connectivity index (χ0n) is 21.3. The van der Waals surface area contributed by atoms with Gasteiger partial charge in [0.05, 0.1) is 11.1 Å². The van der Waals surface area contributed by atoms with Crippen molar-refractivity contribution in [2.45, 2.75) is 37.9 Å². The Hall–Kier alpha value is -2.51. The van der Waals surface area contributed by atoms with Crippen molar-refractivity contribution in [3.8, 4) is 0 Å². The number of alkyl halides is 7. The van der Waals surface area contributed by atoms with Crippen LogP contribution in [-0.4, -0.2) is 63.6 Å². The highest BCUT2D eigenvalue weighted by molar-refractivity contribution is 14.1. The molecule has 2 aromatic carbocycles. The SMILES string of the molecule is Cc1cc(C(F)(C(F)(F)F)C(F)(F)F)ccc1NC(=O)c1cccc(I)c1C(=O)NC(C)CNS(=O)(=O)N(C)C. The molecule has 0 aromatic heterocycles. The van der Waals surface area contributed by atoms with E-state index in [-0.39, 0.29) is 35.0 Å². The summed E-state index contributed by atoms with van der Waals surface area (Å²) < 4.78 is 120. The van der Waals surface area contributed by atoms with Crippen LogP contribution in [0.15, 0.2) is 36.4 Å². The van der Waals surface area contributed by atoms with Crippen LogP contribution in [0, 0.1) is 10.5 Å². The van der Waals surface area contributed by atoms with Crippen LogP contribution in [0.4, 0.5) is 36.4 Å². The van der Waals surface area contributed by atoms with Gasteiger partial charge in [0.15, 0.2) is 0 Å². The Morgan fingerprint density at radius 1 is 0.975 bits per heavy atom. The van der Waals surface area contributed by atoms with E-state index in [2.05, 4.69) is 15.4 Å². The Bertz CT molecular complexity index is 1370. The van der Waals surface area contributed by atoms with Gasteiger partial charge in [0.1, 0.15) is 0 Å². The third-order valence-corrected chi connectivity index (χ3v) is 7.96. The molecular weight excluding hydrogens is 688 g/mol. The molecule has 2 amide bonds. The van der Waals surface area contributed by atoms with Crippen LogP contribution in [0.25, 0.3) is 0 Å². The molecule has 17 heteroatoms. The molecule has 0 aliphatic heterocycles. The Morgan fingerprint density at radius 3 is 2.05 bits per heavy atom. The number of benzene rings is 2. The first kappa shape index (κ1) is 33.7. The molecule has 40 heavy (non-hydrogen) atoms. The van der Waals surface area contributed by atoms with Crippen molar-refractivity contribution >= 4 is 50.3 Å². The molecule has 0 aliphatic rings. The first-order valence-corrected chi connectivity index (χ1v) is 13.7. The van der Waals surface area contributed by atoms with Gasteiger partial charge in [-0.3, -0.25) is 9.59 Å². The molecule has 2 rings (SSSR count). The van der Waals surface area contributed by atoms with E-state index in [4.69, 9.17) is 0 Å². The van der Waals surface area contributed by atoms with E-state index in [0.29, 0.717) is 15.7 Å². The van der Waals surface area contributed by atoms with E-state index in [9.17, 15) is 48.7 Å². The molecule has 8 nitrogen and oxygen atoms in total. The Labute approximate surface area is 239 Å². The quantitative estimate of drug-likeness (QED) is 0.260. The van der Waals surface area contributed by atoms with E-state index in [1.807, 2.05) is 0 Å². The molecular formula is C23H24F7IN4O4S. The summed E-state index contributed by atoms with van der Waals surface area (Å²) in [6.07, 6.45) is -12.6. The lowest BCUT2D eigenvalue weighted by Crippen LogP contribution is -2.50. The molecule has 0 fully saturated rings. The Morgan fingerprint density at radius 2 is 1.55 bits per heavy atom. The molecule has 0 aliphatic carbocycles. The predicted octanol–water partition coefficient (Wildman–Crippen LogP) is 4.66. The fraction of sp³-hybridized carbons (Fsp3) is 0.391. The van der Waals surface area contributed by atoms with Gasteiger partial charge in [-0.15, -0.1) is 0 Å². The summed E-state index contributed by atoms with van der Waals surface area (Å²) in [6.45, 7) is 2.39. The lowest BCUT2D eigenvalue weighted by Gasteiger charge is -2.30. The molecule has 222 valence electrons. The molecule has 3 N–H and O–H groups in total. The number of aryl methyl sites for hydroxylation is 1. The third-order valence-electron chi connectivity index (χ3n) is 5.57. The normalized spacial score (nSPS) is 13.7. The fourth-order valence-corrected chi connectivity index (χ4v) is 4.81. The van der Waals surface area contributed by atoms with Gasteiger partial charge in [-0.25, -0.2) is 9.11 Å². The molecule has 0 heterocycles. The second-order valence-electron chi connectivity index (χ2n) is 8.81. The number of carbonyl (C=O) groups is 2. The summed E-state index contributed by atoms with van der Waals surface area (Å²) in [4.78, 5) is 26.0. The van der Waals surface area contributed by atoms with Gasteiger partial charge in [-0.05, 0) is 60.2 Å². The Kier molecular flexibility index (Phi) is 10.2. The number of carbonyl (C=O) groups excluding carboxylic acids is 2. The van der Waals surface area contributed by atoms with Crippen molar-refractivity contribution in [3.05, 3.63) is 62.2 Å². The van der Waals surface area contributed by atoms with Gasteiger partial charge >= 0.3 is 18.0 Å². The van der Waals surface area contributed by atoms with Gasteiger partial charge in [0, 0.05) is 41.5 Å². The number of amides is 2. The van der Waals surface area contributed by atoms with Crippen LogP contribution in [0.1, 0.15) is 38.8 Å². The van der Waals surface area contributed by atoms with Gasteiger partial charge in [0.25, 0.3) is 22.0 Å². The standard InChI is InChI=1S/C23H24F7IN4O4S/c1-12-10-14(21(24,22(25,26)27)23(28,29)30)8-9-17(12)34-19(36)15-6-5-7-16(31)18(15)20(37)33-13(2)11-32-40(38,39)35(3)4/h5-10,13,32H,11H2,1-4H3,(H,33,37)(H,34,36). The molecule has 0 radical (unpaired) electrons. The van der Waals surface area contributed by atoms with Gasteiger partial charge in [-0.1, -0.05) is 18.2 Å². The van der Waals surface area contributed by atoms with Crippen molar-refractivity contribution in [3.63, 3.8) is 0 Å². The van der Waals surface area contributed by atoms with Crippen molar-refractivity contribution in [2.75, 3.05) is 26.0 Å². The summed E-state index contributed by atoms with van der Waals surface area (Å²) >= 11 is 1.78. The maximum Gasteiger partial charge on any atom is 0.435 e. The zero-order chi connectivity index (χ0) is 30.8. The van der Waals surface area contributed by atoms with E-state index in [0.717, 1.165) is 11.2 Å². The third kappa shape index (κ3) is 7.22. The highest BCUT2D eigenvalue weighted by atomic mass is 127. The van der Waals surface area contributed by atoms with Gasteiger partial charge in [0.2, 0.25) is 0 Å². The number of nitrogens with zero attached hydrogens (tertiary/aromatic N) is 1. The summed E-state index contributed by atoms with van der Waals surface area (Å²) in [6, 6.07) is 4.75. The van der Waals surface area contributed by atoms with E-state index < -0.39 is 51.7 Å². The highest BCUT2D eigenvalue weighted by Gasteiger charge is 2.73. The second-order valence-corrected chi connectivity index (χ2v) is 11.9. The maximum atomic E-state index is 14.4. The number of anilines is 1. The van der Waals surface area contributed by atoms with E-state index in [1.54, 1.807) is 22.6 Å². The zero-order valence-corrected chi connectivity index (χ0v) is 24.2. The molecule has 0 saturated heterocycles. The minimum atomic E-state index is -6.30. The number of hydrogen-bond donors (Lipinski definition) is 3. The van der Waals surface area contributed by atoms with Gasteiger partial charge < -0.3 is 10.6 Å². The summed E-state index contributed by atoms with van der Waals surface area (Å²) in [5, 5.41) is 4.86. The maximum absolute atomic E-state index is 14.4. The summed E-state index contributed by atoms with van der Waals surface area (Å²) in [5.41, 5.74) is -8.19.